The number of carbonyl (C=O) groups excluding carboxylic acids is 4. The van der Waals surface area contributed by atoms with Crippen LogP contribution in [-0.2, 0) is 23.9 Å². The van der Waals surface area contributed by atoms with Crippen molar-refractivity contribution in [3.05, 3.63) is 41.8 Å². The highest BCUT2D eigenvalue weighted by atomic mass is 32.1. The number of pyridine rings is 1. The Labute approximate surface area is 347 Å². The van der Waals surface area contributed by atoms with Gasteiger partial charge in [-0.05, 0) is 70.4 Å². The molecule has 0 radical (unpaired) electrons. The van der Waals surface area contributed by atoms with Crippen LogP contribution in [0.2, 0.25) is 0 Å². The molecule has 59 heavy (non-hydrogen) atoms. The first kappa shape index (κ1) is 41.9. The number of allylic oxidation sites excluding steroid dienone is 1. The number of hydrogen-bond donors (Lipinski definition) is 4. The molecule has 0 spiro atoms. The number of carboxylic acids is 1. The van der Waals surface area contributed by atoms with Gasteiger partial charge in [0.15, 0.2) is 17.0 Å². The minimum Gasteiger partial charge on any atom is -0.497 e. The molecule has 15 nitrogen and oxygen atoms in total. The molecule has 1 saturated heterocycles. The quantitative estimate of drug-likeness (QED) is 0.153. The van der Waals surface area contributed by atoms with Crippen molar-refractivity contribution in [3.8, 4) is 22.9 Å². The van der Waals surface area contributed by atoms with Gasteiger partial charge in [-0.2, -0.15) is 0 Å². The largest absolute Gasteiger partial charge is 0.497 e. The van der Waals surface area contributed by atoms with Crippen molar-refractivity contribution < 1.29 is 43.3 Å². The van der Waals surface area contributed by atoms with E-state index >= 15 is 0 Å². The molecule has 3 fully saturated rings. The molecule has 4 N–H and O–H groups in total. The van der Waals surface area contributed by atoms with Gasteiger partial charge in [-0.15, -0.1) is 11.3 Å². The lowest BCUT2D eigenvalue weighted by molar-refractivity contribution is -0.145. The zero-order valence-electron chi connectivity index (χ0n) is 34.2. The van der Waals surface area contributed by atoms with Crippen LogP contribution < -0.4 is 25.4 Å². The number of aromatic nitrogens is 2. The van der Waals surface area contributed by atoms with Crippen molar-refractivity contribution in [3.63, 3.8) is 0 Å². The van der Waals surface area contributed by atoms with Gasteiger partial charge in [0.25, 0.3) is 0 Å². The number of benzene rings is 1. The molecule has 2 aliphatic heterocycles. The molecule has 316 valence electrons. The monoisotopic (exact) mass is 830 g/mol. The van der Waals surface area contributed by atoms with Crippen LogP contribution in [0, 0.1) is 17.8 Å². The van der Waals surface area contributed by atoms with E-state index in [4.69, 9.17) is 24.2 Å². The fraction of sp³-hybridized carbons (Fsp3) is 0.558. The SMILES string of the molecule is COc1ccc2c(O[C@@H]3C[C@H]4C(=O)N[C@]5(C(=O)O)CC5/C=C\CCCCC[C@H](NC(=O)O[C@H](C(=O)C5CC5)C(C)C)C(=O)N4C3)cc(-c3csc(NC(C)C)n3)nc2c1. The summed E-state index contributed by atoms with van der Waals surface area (Å²) in [6.45, 7) is 7.65. The molecular weight excluding hydrogens is 777 g/mol. The van der Waals surface area contributed by atoms with Gasteiger partial charge in [-0.3, -0.25) is 14.4 Å². The first-order valence-electron chi connectivity index (χ1n) is 20.7. The maximum absolute atomic E-state index is 14.7. The molecule has 16 heteroatoms. The predicted octanol–water partition coefficient (Wildman–Crippen LogP) is 6.11. The molecule has 2 aromatic heterocycles. The molecule has 3 amide bonds. The van der Waals surface area contributed by atoms with E-state index in [0.29, 0.717) is 46.6 Å². The summed E-state index contributed by atoms with van der Waals surface area (Å²) in [6.07, 6.45) is 6.17. The summed E-state index contributed by atoms with van der Waals surface area (Å²) < 4.78 is 17.9. The summed E-state index contributed by atoms with van der Waals surface area (Å²) in [7, 11) is 1.57. The zero-order valence-corrected chi connectivity index (χ0v) is 35.0. The van der Waals surface area contributed by atoms with Crippen LogP contribution in [0.15, 0.2) is 41.8 Å². The molecule has 4 aliphatic rings. The van der Waals surface area contributed by atoms with Gasteiger partial charge in [-0.25, -0.2) is 19.6 Å². The number of nitrogens with one attached hydrogen (secondary N) is 3. The van der Waals surface area contributed by atoms with Crippen LogP contribution in [0.4, 0.5) is 9.93 Å². The average molecular weight is 831 g/mol. The summed E-state index contributed by atoms with van der Waals surface area (Å²) in [4.78, 5) is 79.1. The van der Waals surface area contributed by atoms with E-state index in [1.807, 2.05) is 51.3 Å². The number of carboxylic acid groups (broad SMARTS) is 1. The van der Waals surface area contributed by atoms with E-state index in [-0.39, 0.29) is 55.4 Å². The lowest BCUT2D eigenvalue weighted by atomic mass is 10.00. The number of ether oxygens (including phenoxy) is 3. The van der Waals surface area contributed by atoms with Crippen molar-refractivity contribution in [1.82, 2.24) is 25.5 Å². The van der Waals surface area contributed by atoms with E-state index < -0.39 is 53.7 Å². The van der Waals surface area contributed by atoms with Crippen LogP contribution in [0.25, 0.3) is 22.3 Å². The number of thiazole rings is 1. The Balaban J connectivity index is 1.20. The average Bonchev–Trinajstić information content (AvgIpc) is 4.07. The Morgan fingerprint density at radius 2 is 1.83 bits per heavy atom. The van der Waals surface area contributed by atoms with Gasteiger partial charge in [-0.1, -0.05) is 38.8 Å². The fourth-order valence-electron chi connectivity index (χ4n) is 7.98. The highest BCUT2D eigenvalue weighted by molar-refractivity contribution is 7.14. The third-order valence-corrected chi connectivity index (χ3v) is 12.2. The number of aliphatic carboxylic acids is 1. The lowest BCUT2D eigenvalue weighted by Gasteiger charge is -2.30. The highest BCUT2D eigenvalue weighted by Gasteiger charge is 2.61. The first-order chi connectivity index (χ1) is 28.3. The van der Waals surface area contributed by atoms with E-state index in [9.17, 15) is 29.1 Å². The van der Waals surface area contributed by atoms with Crippen LogP contribution in [-0.4, -0.2) is 99.2 Å². The molecular formula is C43H54N6O9S. The maximum atomic E-state index is 14.7. The van der Waals surface area contributed by atoms with Gasteiger partial charge < -0.3 is 40.2 Å². The standard InChI is InChI=1S/C43H54N6O9S/c1-23(2)37(36(50)25-13-14-25)58-42(55)47-30-12-10-8-6-7-9-11-26-20-43(26,40(53)54)48-38(51)34-18-28(21-49(34)39(30)52)57-35-19-32(33-22-59-41(46-33)44-24(3)4)45-31-17-27(56-5)15-16-29(31)35/h9,11,15-17,19,22-26,28,30,34,37H,6-8,10,12-14,18,20-21H2,1-5H3,(H,44,46)(H,47,55)(H,48,51)(H,53,54)/b11-9-/t26?,28-,30+,34+,37+,43-/m1/s1. The number of fused-ring (bicyclic) bond motifs is 3. The van der Waals surface area contributed by atoms with Crippen LogP contribution in [0.5, 0.6) is 11.5 Å². The third-order valence-electron chi connectivity index (χ3n) is 11.5. The molecule has 0 bridgehead atoms. The minimum absolute atomic E-state index is 0.0310. The number of Topliss-reactive ketones (excluding diaryl/α,β-unsaturated/α-hetero) is 1. The fourth-order valence-corrected chi connectivity index (χ4v) is 8.83. The van der Waals surface area contributed by atoms with Gasteiger partial charge >= 0.3 is 12.1 Å². The number of amides is 3. The molecule has 2 saturated carbocycles. The second kappa shape index (κ2) is 17.5. The van der Waals surface area contributed by atoms with Crippen molar-refractivity contribution in [2.24, 2.45) is 17.8 Å². The Hall–Kier alpha value is -5.25. The molecule has 7 rings (SSSR count). The maximum Gasteiger partial charge on any atom is 0.408 e. The number of ketones is 1. The minimum atomic E-state index is -1.49. The molecule has 6 atom stereocenters. The van der Waals surface area contributed by atoms with Gasteiger partial charge in [0, 0.05) is 47.2 Å². The highest BCUT2D eigenvalue weighted by Crippen LogP contribution is 2.46. The first-order valence-corrected chi connectivity index (χ1v) is 21.6. The Bertz CT molecular complexity index is 2120. The Morgan fingerprint density at radius 1 is 1.03 bits per heavy atom. The summed E-state index contributed by atoms with van der Waals surface area (Å²) in [6, 6.07) is 5.19. The number of hydrogen-bond acceptors (Lipinski definition) is 12. The number of carbonyl (C=O) groups is 5. The van der Waals surface area contributed by atoms with Crippen molar-refractivity contribution in [1.29, 1.82) is 0 Å². The second-order valence-electron chi connectivity index (χ2n) is 16.8. The van der Waals surface area contributed by atoms with Gasteiger partial charge in [0.2, 0.25) is 11.8 Å². The molecule has 1 unspecified atom stereocenters. The zero-order chi connectivity index (χ0) is 42.0. The number of methoxy groups -OCH3 is 1. The smallest absolute Gasteiger partial charge is 0.408 e. The molecule has 1 aromatic carbocycles. The van der Waals surface area contributed by atoms with Crippen molar-refractivity contribution in [2.75, 3.05) is 19.0 Å². The predicted molar refractivity (Wildman–Crippen MR) is 221 cm³/mol. The molecule has 3 aromatic rings. The van der Waals surface area contributed by atoms with Crippen molar-refractivity contribution >= 4 is 57.0 Å². The second-order valence-corrected chi connectivity index (χ2v) is 17.7. The third kappa shape index (κ3) is 9.47. The summed E-state index contributed by atoms with van der Waals surface area (Å²) in [5.41, 5.74) is 0.278. The Kier molecular flexibility index (Phi) is 12.5. The van der Waals surface area contributed by atoms with E-state index in [2.05, 4.69) is 16.0 Å². The summed E-state index contributed by atoms with van der Waals surface area (Å²) in [5.74, 6) is -2.13. The number of rotatable bonds is 12. The normalized spacial score (nSPS) is 25.8. The molecule has 4 heterocycles. The number of nitrogens with zero attached hydrogens (tertiary/aromatic N) is 3. The van der Waals surface area contributed by atoms with Gasteiger partial charge in [0.05, 0.1) is 24.9 Å². The molecule has 2 aliphatic carbocycles. The lowest BCUT2D eigenvalue weighted by Crippen LogP contribution is -2.56. The van der Waals surface area contributed by atoms with E-state index in [1.165, 1.54) is 16.2 Å². The van der Waals surface area contributed by atoms with Crippen LogP contribution in [0.1, 0.15) is 85.5 Å². The summed E-state index contributed by atoms with van der Waals surface area (Å²) >= 11 is 1.45. The number of anilines is 1. The topological polar surface area (TPSA) is 198 Å². The Morgan fingerprint density at radius 3 is 2.54 bits per heavy atom. The van der Waals surface area contributed by atoms with E-state index in [1.54, 1.807) is 25.3 Å². The van der Waals surface area contributed by atoms with E-state index in [0.717, 1.165) is 30.8 Å². The van der Waals surface area contributed by atoms with Crippen LogP contribution in [0.3, 0.4) is 0 Å². The number of alkyl carbamates (subject to hydrolysis) is 1. The summed E-state index contributed by atoms with van der Waals surface area (Å²) in [5, 5.41) is 22.5. The van der Waals surface area contributed by atoms with Crippen molar-refractivity contribution in [2.45, 2.75) is 121 Å². The van der Waals surface area contributed by atoms with Crippen LogP contribution >= 0.6 is 11.3 Å². The van der Waals surface area contributed by atoms with Gasteiger partial charge in [0.1, 0.15) is 40.9 Å².